The summed E-state index contributed by atoms with van der Waals surface area (Å²) < 4.78 is 26.8. The topological polar surface area (TPSA) is 58.2 Å². The van der Waals surface area contributed by atoms with Crippen molar-refractivity contribution in [3.8, 4) is 0 Å². The number of hydrogen-bond donors (Lipinski definition) is 2. The molecule has 0 spiro atoms. The van der Waals surface area contributed by atoms with Crippen LogP contribution < -0.4 is 10.0 Å². The summed E-state index contributed by atoms with van der Waals surface area (Å²) in [6.45, 7) is 0.657. The molecule has 0 bridgehead atoms. The van der Waals surface area contributed by atoms with Gasteiger partial charge in [-0.05, 0) is 56.1 Å². The van der Waals surface area contributed by atoms with Gasteiger partial charge in [-0.15, -0.1) is 11.3 Å². The molecular formula is C12H11Br2ClN2O2S2. The van der Waals surface area contributed by atoms with E-state index in [0.29, 0.717) is 17.3 Å². The first-order chi connectivity index (χ1) is 9.74. The molecule has 0 fully saturated rings. The second-order valence-corrected chi connectivity index (χ2v) is 9.72. The maximum absolute atomic E-state index is 11.2. The normalized spacial score (nSPS) is 11.4. The molecule has 0 saturated carbocycles. The first-order valence-corrected chi connectivity index (χ1v) is 10.4. The van der Waals surface area contributed by atoms with E-state index >= 15 is 0 Å². The van der Waals surface area contributed by atoms with Crippen LogP contribution in [0, 0.1) is 0 Å². The third-order valence-corrected chi connectivity index (χ3v) is 6.59. The summed E-state index contributed by atoms with van der Waals surface area (Å²) in [4.78, 5) is 1.16. The molecule has 0 aliphatic carbocycles. The van der Waals surface area contributed by atoms with Crippen molar-refractivity contribution in [2.24, 2.45) is 0 Å². The molecule has 0 aliphatic heterocycles. The van der Waals surface area contributed by atoms with Gasteiger partial charge in [0.1, 0.15) is 0 Å². The van der Waals surface area contributed by atoms with Crippen LogP contribution in [0.2, 0.25) is 5.02 Å². The van der Waals surface area contributed by atoms with E-state index < -0.39 is 10.0 Å². The van der Waals surface area contributed by atoms with Gasteiger partial charge >= 0.3 is 0 Å². The Morgan fingerprint density at radius 3 is 2.52 bits per heavy atom. The molecule has 0 unspecified atom stereocenters. The summed E-state index contributed by atoms with van der Waals surface area (Å²) in [7, 11) is -3.33. The van der Waals surface area contributed by atoms with Gasteiger partial charge in [-0.2, -0.15) is 0 Å². The molecule has 0 atom stereocenters. The van der Waals surface area contributed by atoms with Crippen LogP contribution in [0.1, 0.15) is 4.88 Å². The average molecular weight is 475 g/mol. The SMILES string of the molecule is CS(=O)(=O)Nc1ccc(NCc2cc(Br)c(Br)s2)cc1Cl. The minimum atomic E-state index is -3.33. The summed E-state index contributed by atoms with van der Waals surface area (Å²) in [5.74, 6) is 0. The zero-order valence-electron chi connectivity index (χ0n) is 10.8. The lowest BCUT2D eigenvalue weighted by atomic mass is 10.3. The Bertz CT molecular complexity index is 743. The average Bonchev–Trinajstić information content (AvgIpc) is 2.68. The van der Waals surface area contributed by atoms with Crippen LogP contribution in [0.5, 0.6) is 0 Å². The molecule has 2 rings (SSSR count). The highest BCUT2D eigenvalue weighted by molar-refractivity contribution is 9.13. The molecule has 0 radical (unpaired) electrons. The number of anilines is 2. The van der Waals surface area contributed by atoms with E-state index in [4.69, 9.17) is 11.6 Å². The summed E-state index contributed by atoms with van der Waals surface area (Å²) in [5.41, 5.74) is 1.19. The summed E-state index contributed by atoms with van der Waals surface area (Å²) in [6, 6.07) is 7.12. The molecule has 2 aromatic rings. The van der Waals surface area contributed by atoms with Gasteiger partial charge in [-0.25, -0.2) is 8.42 Å². The number of thiophene rings is 1. The van der Waals surface area contributed by atoms with Crippen molar-refractivity contribution in [1.82, 2.24) is 0 Å². The van der Waals surface area contributed by atoms with Gasteiger partial charge in [0.05, 0.1) is 20.8 Å². The largest absolute Gasteiger partial charge is 0.380 e. The fourth-order valence-electron chi connectivity index (χ4n) is 1.58. The fourth-order valence-corrected chi connectivity index (χ4v) is 4.55. The smallest absolute Gasteiger partial charge is 0.229 e. The van der Waals surface area contributed by atoms with Crippen molar-refractivity contribution in [1.29, 1.82) is 0 Å². The van der Waals surface area contributed by atoms with E-state index in [-0.39, 0.29) is 0 Å². The number of hydrogen-bond acceptors (Lipinski definition) is 4. The van der Waals surface area contributed by atoms with Gasteiger partial charge in [0.25, 0.3) is 0 Å². The molecule has 114 valence electrons. The molecule has 1 aromatic heterocycles. The summed E-state index contributed by atoms with van der Waals surface area (Å²) in [5, 5.41) is 3.59. The highest BCUT2D eigenvalue weighted by Gasteiger charge is 2.08. The van der Waals surface area contributed by atoms with Crippen LogP contribution in [-0.4, -0.2) is 14.7 Å². The predicted molar refractivity (Wildman–Crippen MR) is 97.0 cm³/mol. The van der Waals surface area contributed by atoms with Crippen molar-refractivity contribution in [2.45, 2.75) is 6.54 Å². The molecule has 21 heavy (non-hydrogen) atoms. The monoisotopic (exact) mass is 472 g/mol. The first-order valence-electron chi connectivity index (χ1n) is 5.69. The van der Waals surface area contributed by atoms with E-state index in [1.807, 2.05) is 6.07 Å². The maximum atomic E-state index is 11.2. The molecule has 2 N–H and O–H groups in total. The van der Waals surface area contributed by atoms with Crippen LogP contribution in [0.25, 0.3) is 0 Å². The Kier molecular flexibility index (Phi) is 5.59. The van der Waals surface area contributed by atoms with Crippen LogP contribution in [0.15, 0.2) is 32.5 Å². The molecule has 0 amide bonds. The molecular weight excluding hydrogens is 464 g/mol. The Morgan fingerprint density at radius 2 is 2.00 bits per heavy atom. The Hall–Kier alpha value is -0.280. The number of halogens is 3. The van der Waals surface area contributed by atoms with Crippen molar-refractivity contribution in [3.63, 3.8) is 0 Å². The lowest BCUT2D eigenvalue weighted by Gasteiger charge is -2.09. The minimum absolute atomic E-state index is 0.346. The predicted octanol–water partition coefficient (Wildman–Crippen LogP) is 4.91. The Balaban J connectivity index is 2.06. The van der Waals surface area contributed by atoms with E-state index in [1.165, 1.54) is 0 Å². The van der Waals surface area contributed by atoms with Crippen LogP contribution in [-0.2, 0) is 16.6 Å². The Morgan fingerprint density at radius 1 is 1.29 bits per heavy atom. The number of benzene rings is 1. The van der Waals surface area contributed by atoms with Gasteiger partial charge in [0.15, 0.2) is 0 Å². The molecule has 1 aromatic carbocycles. The van der Waals surface area contributed by atoms with Crippen LogP contribution in [0.4, 0.5) is 11.4 Å². The zero-order valence-corrected chi connectivity index (χ0v) is 16.3. The third-order valence-electron chi connectivity index (χ3n) is 2.43. The van der Waals surface area contributed by atoms with Crippen molar-refractivity contribution >= 4 is 76.2 Å². The van der Waals surface area contributed by atoms with E-state index in [0.717, 1.165) is 25.1 Å². The number of sulfonamides is 1. The Labute approximate surface area is 149 Å². The first kappa shape index (κ1) is 17.1. The quantitative estimate of drug-likeness (QED) is 0.647. The second kappa shape index (κ2) is 6.87. The number of nitrogens with one attached hydrogen (secondary N) is 2. The van der Waals surface area contributed by atoms with E-state index in [9.17, 15) is 8.42 Å². The molecule has 0 saturated heterocycles. The highest BCUT2D eigenvalue weighted by Crippen LogP contribution is 2.33. The highest BCUT2D eigenvalue weighted by atomic mass is 79.9. The molecule has 1 heterocycles. The van der Waals surface area contributed by atoms with Gasteiger partial charge < -0.3 is 5.32 Å². The molecule has 9 heteroatoms. The third kappa shape index (κ3) is 5.14. The summed E-state index contributed by atoms with van der Waals surface area (Å²) >= 11 is 14.6. The molecule has 4 nitrogen and oxygen atoms in total. The van der Waals surface area contributed by atoms with Crippen molar-refractivity contribution < 1.29 is 8.42 Å². The van der Waals surface area contributed by atoms with Crippen molar-refractivity contribution in [3.05, 3.63) is 42.4 Å². The second-order valence-electron chi connectivity index (χ2n) is 4.26. The van der Waals surface area contributed by atoms with Crippen LogP contribution >= 0.6 is 54.8 Å². The van der Waals surface area contributed by atoms with Gasteiger partial charge in [-0.1, -0.05) is 11.6 Å². The summed E-state index contributed by atoms with van der Waals surface area (Å²) in [6.07, 6.45) is 1.09. The lowest BCUT2D eigenvalue weighted by Crippen LogP contribution is -2.10. The molecule has 0 aliphatic rings. The standard InChI is InChI=1S/C12H11Br2ClN2O2S2/c1-21(18,19)17-11-3-2-7(4-10(11)15)16-6-8-5-9(13)12(14)20-8/h2-5,16-17H,6H2,1H3. The van der Waals surface area contributed by atoms with Gasteiger partial charge in [0.2, 0.25) is 10.0 Å². The zero-order chi connectivity index (χ0) is 15.6. The van der Waals surface area contributed by atoms with Gasteiger partial charge in [-0.3, -0.25) is 4.72 Å². The van der Waals surface area contributed by atoms with Gasteiger partial charge in [0, 0.05) is 21.6 Å². The maximum Gasteiger partial charge on any atom is 0.229 e. The fraction of sp³-hybridized carbons (Fsp3) is 0.167. The number of rotatable bonds is 5. The lowest BCUT2D eigenvalue weighted by molar-refractivity contribution is 0.607. The van der Waals surface area contributed by atoms with E-state index in [1.54, 1.807) is 29.5 Å². The minimum Gasteiger partial charge on any atom is -0.380 e. The van der Waals surface area contributed by atoms with Crippen LogP contribution in [0.3, 0.4) is 0 Å². The van der Waals surface area contributed by atoms with Crippen molar-refractivity contribution in [2.75, 3.05) is 16.3 Å². The van der Waals surface area contributed by atoms with E-state index in [2.05, 4.69) is 41.9 Å².